The molecule has 5 heteroatoms. The van der Waals surface area contributed by atoms with Crippen molar-refractivity contribution in [2.24, 2.45) is 0 Å². The van der Waals surface area contributed by atoms with Crippen molar-refractivity contribution < 1.29 is 4.74 Å². The maximum Gasteiger partial charge on any atom is 0.224 e. The summed E-state index contributed by atoms with van der Waals surface area (Å²) in [4.78, 5) is 14.7. The summed E-state index contributed by atoms with van der Waals surface area (Å²) in [5.74, 6) is 1.41. The fourth-order valence-corrected chi connectivity index (χ4v) is 2.58. The Morgan fingerprint density at radius 3 is 2.70 bits per heavy atom. The number of aromatic nitrogens is 3. The lowest BCUT2D eigenvalue weighted by atomic mass is 10.2. The molecule has 1 N–H and O–H groups in total. The first-order valence-corrected chi connectivity index (χ1v) is 8.07. The number of nitrogens with zero attached hydrogens (tertiary/aromatic N) is 3. The molecule has 23 heavy (non-hydrogen) atoms. The molecule has 0 fully saturated rings. The Labute approximate surface area is 136 Å². The second-order valence-electron chi connectivity index (χ2n) is 5.33. The number of hydrogen-bond acceptors (Lipinski definition) is 4. The summed E-state index contributed by atoms with van der Waals surface area (Å²) in [6, 6.07) is 11.9. The predicted molar refractivity (Wildman–Crippen MR) is 92.6 cm³/mol. The third-order valence-electron chi connectivity index (χ3n) is 3.96. The molecule has 0 spiro atoms. The average molecular weight is 310 g/mol. The fraction of sp³-hybridized carbons (Fsp3) is 0.333. The first kappa shape index (κ1) is 15.5. The van der Waals surface area contributed by atoms with E-state index in [1.165, 1.54) is 0 Å². The van der Waals surface area contributed by atoms with Crippen LogP contribution in [0.15, 0.2) is 42.6 Å². The lowest BCUT2D eigenvalue weighted by Gasteiger charge is -2.18. The maximum absolute atomic E-state index is 5.91. The van der Waals surface area contributed by atoms with Crippen molar-refractivity contribution in [1.82, 2.24) is 19.9 Å². The summed E-state index contributed by atoms with van der Waals surface area (Å²) >= 11 is 0. The van der Waals surface area contributed by atoms with Crippen LogP contribution >= 0.6 is 0 Å². The molecule has 5 nitrogen and oxygen atoms in total. The molecule has 1 aromatic carbocycles. The molecule has 0 radical (unpaired) electrons. The third kappa shape index (κ3) is 3.51. The minimum Gasteiger partial charge on any atom is -0.476 e. The normalized spacial score (nSPS) is 11.3. The topological polar surface area (TPSA) is 54.0 Å². The largest absolute Gasteiger partial charge is 0.476 e. The van der Waals surface area contributed by atoms with Crippen LogP contribution in [0.1, 0.15) is 13.8 Å². The van der Waals surface area contributed by atoms with Crippen molar-refractivity contribution in [3.8, 4) is 17.3 Å². The standard InChI is InChI=1S/C18H22N4O/c1-3-22(4-2)12-13-23-18-14(8-7-11-19-18)17-20-15-9-5-6-10-16(15)21-17/h5-11H,3-4,12-13H2,1-2H3,(H,20,21). The van der Waals surface area contributed by atoms with E-state index in [1.54, 1.807) is 6.20 Å². The molecule has 0 bridgehead atoms. The summed E-state index contributed by atoms with van der Waals surface area (Å²) in [6.45, 7) is 7.88. The number of hydrogen-bond donors (Lipinski definition) is 1. The number of fused-ring (bicyclic) bond motifs is 1. The average Bonchev–Trinajstić information content (AvgIpc) is 3.03. The van der Waals surface area contributed by atoms with Gasteiger partial charge in [0, 0.05) is 12.7 Å². The van der Waals surface area contributed by atoms with Crippen LogP contribution < -0.4 is 4.74 Å². The van der Waals surface area contributed by atoms with Crippen LogP contribution in [0.3, 0.4) is 0 Å². The van der Waals surface area contributed by atoms with Gasteiger partial charge in [-0.25, -0.2) is 9.97 Å². The molecule has 0 aliphatic rings. The highest BCUT2D eigenvalue weighted by Crippen LogP contribution is 2.27. The molecule has 2 aromatic heterocycles. The molecule has 2 heterocycles. The molecule has 0 aliphatic heterocycles. The van der Waals surface area contributed by atoms with E-state index in [0.717, 1.165) is 42.1 Å². The van der Waals surface area contributed by atoms with Crippen LogP contribution in [0, 0.1) is 0 Å². The van der Waals surface area contributed by atoms with Gasteiger partial charge in [0.05, 0.1) is 16.6 Å². The molecule has 120 valence electrons. The van der Waals surface area contributed by atoms with Crippen LogP contribution in [0.5, 0.6) is 5.88 Å². The van der Waals surface area contributed by atoms with Gasteiger partial charge < -0.3 is 14.6 Å². The highest BCUT2D eigenvalue weighted by Gasteiger charge is 2.12. The zero-order valence-electron chi connectivity index (χ0n) is 13.6. The van der Waals surface area contributed by atoms with Crippen molar-refractivity contribution in [1.29, 1.82) is 0 Å². The van der Waals surface area contributed by atoms with Crippen LogP contribution in [0.25, 0.3) is 22.4 Å². The van der Waals surface area contributed by atoms with Gasteiger partial charge in [0.2, 0.25) is 5.88 Å². The first-order chi connectivity index (χ1) is 11.3. The van der Waals surface area contributed by atoms with E-state index in [1.807, 2.05) is 36.4 Å². The number of nitrogens with one attached hydrogen (secondary N) is 1. The van der Waals surface area contributed by atoms with Gasteiger partial charge in [-0.1, -0.05) is 26.0 Å². The Balaban J connectivity index is 1.80. The Morgan fingerprint density at radius 1 is 1.09 bits per heavy atom. The summed E-state index contributed by atoms with van der Waals surface area (Å²) < 4.78 is 5.91. The Bertz CT molecular complexity index is 731. The van der Waals surface area contributed by atoms with Gasteiger partial charge in [0.15, 0.2) is 0 Å². The van der Waals surface area contributed by atoms with Crippen molar-refractivity contribution in [3.63, 3.8) is 0 Å². The van der Waals surface area contributed by atoms with Gasteiger partial charge in [-0.15, -0.1) is 0 Å². The van der Waals surface area contributed by atoms with Gasteiger partial charge in [-0.3, -0.25) is 0 Å². The highest BCUT2D eigenvalue weighted by molar-refractivity contribution is 5.80. The number of imidazole rings is 1. The molecule has 3 aromatic rings. The molecule has 0 saturated heterocycles. The van der Waals surface area contributed by atoms with Crippen molar-refractivity contribution >= 4 is 11.0 Å². The van der Waals surface area contributed by atoms with E-state index in [2.05, 4.69) is 33.7 Å². The summed E-state index contributed by atoms with van der Waals surface area (Å²) in [5.41, 5.74) is 2.85. The summed E-state index contributed by atoms with van der Waals surface area (Å²) in [5, 5.41) is 0. The zero-order valence-corrected chi connectivity index (χ0v) is 13.6. The van der Waals surface area contributed by atoms with E-state index < -0.39 is 0 Å². The number of rotatable bonds is 7. The minimum atomic E-state index is 0.617. The van der Waals surface area contributed by atoms with Gasteiger partial charge >= 0.3 is 0 Å². The van der Waals surface area contributed by atoms with Crippen LogP contribution in [0.2, 0.25) is 0 Å². The number of pyridine rings is 1. The Hall–Kier alpha value is -2.40. The third-order valence-corrected chi connectivity index (χ3v) is 3.96. The minimum absolute atomic E-state index is 0.617. The summed E-state index contributed by atoms with van der Waals surface area (Å²) in [7, 11) is 0. The molecule has 0 unspecified atom stereocenters. The molecular formula is C18H22N4O. The van der Waals surface area contributed by atoms with Crippen LogP contribution in [-0.2, 0) is 0 Å². The lowest BCUT2D eigenvalue weighted by molar-refractivity contribution is 0.218. The fourth-order valence-electron chi connectivity index (χ4n) is 2.58. The lowest BCUT2D eigenvalue weighted by Crippen LogP contribution is -2.28. The molecule has 3 rings (SSSR count). The number of likely N-dealkylation sites (N-methyl/N-ethyl adjacent to an activating group) is 1. The number of H-pyrrole nitrogens is 1. The molecular weight excluding hydrogens is 288 g/mol. The maximum atomic E-state index is 5.91. The van der Waals surface area contributed by atoms with Crippen molar-refractivity contribution in [3.05, 3.63) is 42.6 Å². The molecule has 0 aliphatic carbocycles. The van der Waals surface area contributed by atoms with E-state index in [9.17, 15) is 0 Å². The highest BCUT2D eigenvalue weighted by atomic mass is 16.5. The second-order valence-corrected chi connectivity index (χ2v) is 5.33. The van der Waals surface area contributed by atoms with E-state index in [-0.39, 0.29) is 0 Å². The van der Waals surface area contributed by atoms with Crippen LogP contribution in [0.4, 0.5) is 0 Å². The smallest absolute Gasteiger partial charge is 0.224 e. The van der Waals surface area contributed by atoms with E-state index in [4.69, 9.17) is 4.74 Å². The first-order valence-electron chi connectivity index (χ1n) is 8.07. The second kappa shape index (κ2) is 7.24. The van der Waals surface area contributed by atoms with Gasteiger partial charge in [0.1, 0.15) is 12.4 Å². The number of aromatic amines is 1. The number of benzene rings is 1. The summed E-state index contributed by atoms with van der Waals surface area (Å²) in [6.07, 6.45) is 1.75. The SMILES string of the molecule is CCN(CC)CCOc1ncccc1-c1nc2ccccc2[nH]1. The molecule has 0 amide bonds. The Morgan fingerprint density at radius 2 is 1.91 bits per heavy atom. The van der Waals surface area contributed by atoms with Gasteiger partial charge in [-0.2, -0.15) is 0 Å². The zero-order chi connectivity index (χ0) is 16.1. The number of ether oxygens (including phenoxy) is 1. The van der Waals surface area contributed by atoms with E-state index in [0.29, 0.717) is 12.5 Å². The number of para-hydroxylation sites is 2. The van der Waals surface area contributed by atoms with Crippen LogP contribution in [-0.4, -0.2) is 46.1 Å². The Kier molecular flexibility index (Phi) is 4.88. The van der Waals surface area contributed by atoms with Gasteiger partial charge in [-0.05, 0) is 37.4 Å². The molecule has 0 atom stereocenters. The quantitative estimate of drug-likeness (QED) is 0.727. The predicted octanol–water partition coefficient (Wildman–Crippen LogP) is 3.35. The monoisotopic (exact) mass is 310 g/mol. The van der Waals surface area contributed by atoms with Crippen molar-refractivity contribution in [2.75, 3.05) is 26.2 Å². The van der Waals surface area contributed by atoms with Gasteiger partial charge in [0.25, 0.3) is 0 Å². The van der Waals surface area contributed by atoms with Crippen molar-refractivity contribution in [2.45, 2.75) is 13.8 Å². The molecule has 0 saturated carbocycles. The van der Waals surface area contributed by atoms with E-state index >= 15 is 0 Å².